The molecule has 1 heterocycles. The van der Waals surface area contributed by atoms with E-state index in [0.717, 1.165) is 11.3 Å². The van der Waals surface area contributed by atoms with Gasteiger partial charge in [0.25, 0.3) is 0 Å². The highest BCUT2D eigenvalue weighted by molar-refractivity contribution is 7.18. The highest BCUT2D eigenvalue weighted by atomic mass is 32.1. The first-order valence-corrected chi connectivity index (χ1v) is 6.24. The van der Waals surface area contributed by atoms with Gasteiger partial charge in [-0.05, 0) is 18.2 Å². The van der Waals surface area contributed by atoms with Crippen LogP contribution in [-0.2, 0) is 0 Å². The van der Waals surface area contributed by atoms with Crippen molar-refractivity contribution in [3.05, 3.63) is 29.1 Å². The normalized spacial score (nSPS) is 10.2. The number of methoxy groups -OCH3 is 2. The predicted molar refractivity (Wildman–Crippen MR) is 74.2 cm³/mol. The van der Waals surface area contributed by atoms with E-state index in [1.807, 2.05) is 0 Å². The highest BCUT2D eigenvalue weighted by Gasteiger charge is 2.19. The molecule has 0 saturated heterocycles. The molecule has 0 unspecified atom stereocenters. The molecule has 2 rings (SSSR count). The summed E-state index contributed by atoms with van der Waals surface area (Å²) >= 11 is 1.10. The van der Waals surface area contributed by atoms with Gasteiger partial charge in [-0.2, -0.15) is 0 Å². The molecule has 0 spiro atoms. The summed E-state index contributed by atoms with van der Waals surface area (Å²) in [6.45, 7) is 0. The smallest absolute Gasteiger partial charge is 0.348 e. The lowest BCUT2D eigenvalue weighted by molar-refractivity contribution is 0.0703. The Kier molecular flexibility index (Phi) is 3.62. The van der Waals surface area contributed by atoms with Crippen molar-refractivity contribution < 1.29 is 19.4 Å². The molecule has 5 nitrogen and oxygen atoms in total. The molecule has 0 aliphatic carbocycles. The van der Waals surface area contributed by atoms with E-state index >= 15 is 0 Å². The van der Waals surface area contributed by atoms with E-state index in [1.54, 1.807) is 38.5 Å². The van der Waals surface area contributed by atoms with Crippen molar-refractivity contribution in [2.24, 2.45) is 0 Å². The summed E-state index contributed by atoms with van der Waals surface area (Å²) in [6.07, 6.45) is 0. The zero-order chi connectivity index (χ0) is 14.0. The van der Waals surface area contributed by atoms with Crippen molar-refractivity contribution in [2.75, 3.05) is 20.0 Å². The fourth-order valence-corrected chi connectivity index (χ4v) is 2.76. The first-order valence-electron chi connectivity index (χ1n) is 5.42. The maximum absolute atomic E-state index is 11.0. The summed E-state index contributed by atoms with van der Waals surface area (Å²) in [7, 11) is 3.10. The van der Waals surface area contributed by atoms with E-state index in [1.165, 1.54) is 0 Å². The summed E-state index contributed by atoms with van der Waals surface area (Å²) in [5.41, 5.74) is 6.65. The van der Waals surface area contributed by atoms with Gasteiger partial charge in [-0.1, -0.05) is 6.07 Å². The van der Waals surface area contributed by atoms with Gasteiger partial charge in [0.1, 0.15) is 16.4 Å². The number of rotatable bonds is 4. The number of nitrogens with two attached hydrogens (primary N) is 1. The number of hydrogen-bond acceptors (Lipinski definition) is 5. The minimum atomic E-state index is -1.04. The number of anilines is 1. The van der Waals surface area contributed by atoms with Crippen LogP contribution in [0, 0.1) is 0 Å². The third-order valence-corrected chi connectivity index (χ3v) is 3.79. The van der Waals surface area contributed by atoms with Crippen LogP contribution < -0.4 is 15.2 Å². The summed E-state index contributed by atoms with van der Waals surface area (Å²) in [5, 5.41) is 9.05. The first kappa shape index (κ1) is 13.2. The Morgan fingerprint density at radius 3 is 2.26 bits per heavy atom. The molecular formula is C13H13NO4S. The van der Waals surface area contributed by atoms with Crippen LogP contribution in [0.3, 0.4) is 0 Å². The second kappa shape index (κ2) is 5.19. The molecule has 0 saturated carbocycles. The van der Waals surface area contributed by atoms with E-state index in [4.69, 9.17) is 20.3 Å². The van der Waals surface area contributed by atoms with Crippen LogP contribution in [-0.4, -0.2) is 25.3 Å². The van der Waals surface area contributed by atoms with Crippen LogP contribution in [0.5, 0.6) is 11.5 Å². The van der Waals surface area contributed by atoms with Crippen LogP contribution in [0.4, 0.5) is 5.69 Å². The molecule has 19 heavy (non-hydrogen) atoms. The molecule has 100 valence electrons. The molecule has 0 amide bonds. The molecule has 0 aliphatic heterocycles. The van der Waals surface area contributed by atoms with Crippen LogP contribution in [0.25, 0.3) is 10.4 Å². The Morgan fingerprint density at radius 2 is 1.84 bits per heavy atom. The molecule has 0 radical (unpaired) electrons. The molecule has 0 bridgehead atoms. The second-order valence-electron chi connectivity index (χ2n) is 3.74. The van der Waals surface area contributed by atoms with Crippen LogP contribution >= 0.6 is 11.3 Å². The Morgan fingerprint density at radius 1 is 1.26 bits per heavy atom. The Labute approximate surface area is 114 Å². The number of aromatic carboxylic acids is 1. The lowest BCUT2D eigenvalue weighted by Crippen LogP contribution is -1.96. The molecule has 1 aromatic heterocycles. The monoisotopic (exact) mass is 279 g/mol. The van der Waals surface area contributed by atoms with Crippen molar-refractivity contribution in [3.8, 4) is 21.9 Å². The maximum Gasteiger partial charge on any atom is 0.348 e. The standard InChI is InChI=1S/C13H13NO4S/c1-17-8-4-3-5-9(18-2)11(8)10-6-7(14)12(19-10)13(15)16/h3-6H,14H2,1-2H3,(H,15,16). The number of hydrogen-bond donors (Lipinski definition) is 2. The number of nitrogen functional groups attached to an aromatic ring is 1. The predicted octanol–water partition coefficient (Wildman–Crippen LogP) is 2.71. The Hall–Kier alpha value is -2.21. The van der Waals surface area contributed by atoms with Gasteiger partial charge in [0, 0.05) is 4.88 Å². The molecule has 6 heteroatoms. The molecule has 0 atom stereocenters. The van der Waals surface area contributed by atoms with E-state index in [0.29, 0.717) is 21.9 Å². The zero-order valence-electron chi connectivity index (χ0n) is 10.5. The van der Waals surface area contributed by atoms with Gasteiger partial charge in [0.15, 0.2) is 0 Å². The third kappa shape index (κ3) is 2.34. The zero-order valence-corrected chi connectivity index (χ0v) is 11.3. The average molecular weight is 279 g/mol. The minimum Gasteiger partial charge on any atom is -0.496 e. The second-order valence-corrected chi connectivity index (χ2v) is 4.79. The number of thiophene rings is 1. The van der Waals surface area contributed by atoms with Gasteiger partial charge in [0.05, 0.1) is 25.5 Å². The van der Waals surface area contributed by atoms with Crippen molar-refractivity contribution in [1.29, 1.82) is 0 Å². The van der Waals surface area contributed by atoms with E-state index in [2.05, 4.69) is 0 Å². The molecule has 3 N–H and O–H groups in total. The van der Waals surface area contributed by atoms with E-state index in [9.17, 15) is 4.79 Å². The minimum absolute atomic E-state index is 0.114. The fourth-order valence-electron chi connectivity index (χ4n) is 1.79. The van der Waals surface area contributed by atoms with E-state index in [-0.39, 0.29) is 10.6 Å². The van der Waals surface area contributed by atoms with Crippen LogP contribution in [0.2, 0.25) is 0 Å². The van der Waals surface area contributed by atoms with Crippen molar-refractivity contribution in [1.82, 2.24) is 0 Å². The van der Waals surface area contributed by atoms with Gasteiger partial charge < -0.3 is 20.3 Å². The topological polar surface area (TPSA) is 81.8 Å². The first-order chi connectivity index (χ1) is 9.08. The summed E-state index contributed by atoms with van der Waals surface area (Å²) in [5.74, 6) is 0.178. The van der Waals surface area contributed by atoms with E-state index < -0.39 is 5.97 Å². The van der Waals surface area contributed by atoms with Crippen LogP contribution in [0.15, 0.2) is 24.3 Å². The average Bonchev–Trinajstić information content (AvgIpc) is 2.79. The summed E-state index contributed by atoms with van der Waals surface area (Å²) in [4.78, 5) is 11.9. The molecule has 2 aromatic rings. The van der Waals surface area contributed by atoms with Crippen LogP contribution in [0.1, 0.15) is 9.67 Å². The van der Waals surface area contributed by atoms with Crippen molar-refractivity contribution in [3.63, 3.8) is 0 Å². The molecular weight excluding hydrogens is 266 g/mol. The highest BCUT2D eigenvalue weighted by Crippen LogP contribution is 2.43. The SMILES string of the molecule is COc1cccc(OC)c1-c1cc(N)c(C(=O)O)s1. The summed E-state index contributed by atoms with van der Waals surface area (Å²) in [6, 6.07) is 6.99. The van der Waals surface area contributed by atoms with Gasteiger partial charge in [-0.3, -0.25) is 0 Å². The molecule has 0 aliphatic rings. The Bertz CT molecular complexity index is 599. The van der Waals surface area contributed by atoms with Crippen molar-refractivity contribution in [2.45, 2.75) is 0 Å². The largest absolute Gasteiger partial charge is 0.496 e. The van der Waals surface area contributed by atoms with Gasteiger partial charge in [0.2, 0.25) is 0 Å². The lowest BCUT2D eigenvalue weighted by Gasteiger charge is -2.11. The number of carboxylic acids is 1. The Balaban J connectivity index is 2.64. The number of carboxylic acid groups (broad SMARTS) is 1. The van der Waals surface area contributed by atoms with Gasteiger partial charge in [-0.25, -0.2) is 4.79 Å². The third-order valence-electron chi connectivity index (χ3n) is 2.63. The number of benzene rings is 1. The summed E-state index contributed by atoms with van der Waals surface area (Å²) < 4.78 is 10.6. The quantitative estimate of drug-likeness (QED) is 0.899. The fraction of sp³-hybridized carbons (Fsp3) is 0.154. The maximum atomic E-state index is 11.0. The van der Waals surface area contributed by atoms with Gasteiger partial charge >= 0.3 is 5.97 Å². The van der Waals surface area contributed by atoms with Crippen molar-refractivity contribution >= 4 is 23.0 Å². The molecule has 1 aromatic carbocycles. The lowest BCUT2D eigenvalue weighted by atomic mass is 10.1. The number of ether oxygens (including phenoxy) is 2. The number of carbonyl (C=O) groups is 1. The van der Waals surface area contributed by atoms with Gasteiger partial charge in [-0.15, -0.1) is 11.3 Å². The molecule has 0 fully saturated rings.